The summed E-state index contributed by atoms with van der Waals surface area (Å²) in [6.45, 7) is 9.23. The number of nitrogens with one attached hydrogen (secondary N) is 3. The molecule has 3 N–H and O–H groups in total. The van der Waals surface area contributed by atoms with Gasteiger partial charge >= 0.3 is 6.03 Å². The zero-order chi connectivity index (χ0) is 31.8. The molecule has 3 aromatic rings. The summed E-state index contributed by atoms with van der Waals surface area (Å²) in [7, 11) is -3.64. The highest BCUT2D eigenvalue weighted by Gasteiger charge is 2.36. The summed E-state index contributed by atoms with van der Waals surface area (Å²) in [5, 5.41) is 12.1. The van der Waals surface area contributed by atoms with Gasteiger partial charge in [-0.1, -0.05) is 50.6 Å². The third kappa shape index (κ3) is 6.68. The molecular formula is C33H39N7O4S. The zero-order valence-electron chi connectivity index (χ0n) is 25.9. The summed E-state index contributed by atoms with van der Waals surface area (Å²) in [5.41, 5.74) is 7.61. The van der Waals surface area contributed by atoms with Crippen LogP contribution in [0, 0.1) is 12.8 Å². The first-order valence-electron chi connectivity index (χ1n) is 15.1. The Kier molecular flexibility index (Phi) is 8.29. The highest BCUT2D eigenvalue weighted by Crippen LogP contribution is 2.33. The van der Waals surface area contributed by atoms with Gasteiger partial charge in [0.15, 0.2) is 0 Å². The lowest BCUT2D eigenvalue weighted by Gasteiger charge is -2.32. The molecule has 12 heteroatoms. The molecule has 3 aliphatic rings. The summed E-state index contributed by atoms with van der Waals surface area (Å²) < 4.78 is 30.1. The van der Waals surface area contributed by atoms with Crippen LogP contribution in [0.15, 0.2) is 89.8 Å². The van der Waals surface area contributed by atoms with Crippen LogP contribution in [0.25, 0.3) is 5.69 Å². The summed E-state index contributed by atoms with van der Waals surface area (Å²) in [4.78, 5) is 18.5. The van der Waals surface area contributed by atoms with Crippen molar-refractivity contribution >= 4 is 27.6 Å². The third-order valence-corrected chi connectivity index (χ3v) is 10.2. The van der Waals surface area contributed by atoms with E-state index in [1.165, 1.54) is 5.06 Å². The Morgan fingerprint density at radius 2 is 1.76 bits per heavy atom. The molecule has 0 saturated carbocycles. The number of rotatable bonds is 7. The van der Waals surface area contributed by atoms with E-state index in [1.54, 1.807) is 33.5 Å². The molecule has 1 fully saturated rings. The van der Waals surface area contributed by atoms with Crippen molar-refractivity contribution in [1.82, 2.24) is 24.6 Å². The molecule has 0 radical (unpaired) electrons. The van der Waals surface area contributed by atoms with Crippen LogP contribution < -0.4 is 16.1 Å². The molecule has 0 unspecified atom stereocenters. The van der Waals surface area contributed by atoms with E-state index in [1.807, 2.05) is 61.5 Å². The number of anilines is 2. The molecule has 4 heterocycles. The lowest BCUT2D eigenvalue weighted by atomic mass is 9.91. The van der Waals surface area contributed by atoms with E-state index in [4.69, 9.17) is 10.0 Å². The van der Waals surface area contributed by atoms with Crippen molar-refractivity contribution in [1.29, 1.82) is 0 Å². The molecule has 11 nitrogen and oxygen atoms in total. The monoisotopic (exact) mass is 629 g/mol. The van der Waals surface area contributed by atoms with Gasteiger partial charge < -0.3 is 5.32 Å². The minimum absolute atomic E-state index is 0.184. The predicted octanol–water partition coefficient (Wildman–Crippen LogP) is 5.71. The molecule has 236 valence electrons. The lowest BCUT2D eigenvalue weighted by molar-refractivity contribution is -0.112. The van der Waals surface area contributed by atoms with Crippen LogP contribution >= 0.6 is 0 Å². The molecule has 0 aliphatic carbocycles. The van der Waals surface area contributed by atoms with Crippen LogP contribution in [-0.2, 0) is 26.8 Å². The Bertz CT molecular complexity index is 1760. The predicted molar refractivity (Wildman–Crippen MR) is 174 cm³/mol. The SMILES string of the molecule is Cc1ccc(-n2nc(C(C)(C)C)cc2NC(=O)Nc2ccc(CC3CCN(S(=O)(=O)C4=CC=CN5ONC=C45)CC3)cc2)cc1. The molecule has 0 atom stereocenters. The van der Waals surface area contributed by atoms with Crippen molar-refractivity contribution < 1.29 is 18.2 Å². The first kappa shape index (κ1) is 30.6. The number of amides is 2. The maximum atomic E-state index is 13.4. The average molecular weight is 630 g/mol. The number of aromatic nitrogens is 2. The van der Waals surface area contributed by atoms with Gasteiger partial charge in [0.05, 0.1) is 17.6 Å². The van der Waals surface area contributed by atoms with Crippen LogP contribution in [-0.4, -0.2) is 46.7 Å². The molecular weight excluding hydrogens is 590 g/mol. The van der Waals surface area contributed by atoms with Gasteiger partial charge in [0.2, 0.25) is 10.0 Å². The fourth-order valence-corrected chi connectivity index (χ4v) is 7.24. The molecule has 0 bridgehead atoms. The first-order chi connectivity index (χ1) is 21.5. The van der Waals surface area contributed by atoms with Gasteiger partial charge in [-0.15, -0.1) is 0 Å². The van der Waals surface area contributed by atoms with E-state index in [0.717, 1.165) is 41.8 Å². The Labute approximate surface area is 264 Å². The Balaban J connectivity index is 1.04. The summed E-state index contributed by atoms with van der Waals surface area (Å²) >= 11 is 0. The Morgan fingerprint density at radius 3 is 2.44 bits per heavy atom. The highest BCUT2D eigenvalue weighted by atomic mass is 32.2. The average Bonchev–Trinajstić information content (AvgIpc) is 3.66. The molecule has 1 saturated heterocycles. The smallest absolute Gasteiger partial charge is 0.308 e. The van der Waals surface area contributed by atoms with E-state index in [0.29, 0.717) is 36.2 Å². The van der Waals surface area contributed by atoms with Crippen molar-refractivity contribution in [3.05, 3.63) is 107 Å². The van der Waals surface area contributed by atoms with Crippen LogP contribution in [0.5, 0.6) is 0 Å². The minimum atomic E-state index is -3.64. The van der Waals surface area contributed by atoms with E-state index < -0.39 is 10.0 Å². The number of fused-ring (bicyclic) bond motifs is 1. The Morgan fingerprint density at radius 1 is 1.04 bits per heavy atom. The third-order valence-electron chi connectivity index (χ3n) is 8.23. The quantitative estimate of drug-likeness (QED) is 0.306. The van der Waals surface area contributed by atoms with Crippen molar-refractivity contribution in [2.24, 2.45) is 5.92 Å². The fraction of sp³-hybridized carbons (Fsp3) is 0.333. The summed E-state index contributed by atoms with van der Waals surface area (Å²) in [5.74, 6) is 0.954. The number of hydroxylamine groups is 3. The second-order valence-electron chi connectivity index (χ2n) is 12.7. The van der Waals surface area contributed by atoms with Crippen LogP contribution in [0.4, 0.5) is 16.3 Å². The van der Waals surface area contributed by atoms with Gasteiger partial charge in [0, 0.05) is 36.5 Å². The molecule has 2 aromatic carbocycles. The number of urea groups is 1. The molecule has 3 aliphatic heterocycles. The van der Waals surface area contributed by atoms with Crippen molar-refractivity contribution in [3.63, 3.8) is 0 Å². The Hall–Kier alpha value is -4.39. The van der Waals surface area contributed by atoms with Crippen molar-refractivity contribution in [2.75, 3.05) is 23.7 Å². The largest absolute Gasteiger partial charge is 0.324 e. The highest BCUT2D eigenvalue weighted by molar-refractivity contribution is 7.93. The number of aryl methyl sites for hydroxylation is 1. The standard InChI is InChI=1S/C33H39N7O4S/c1-23-7-13-27(14-8-23)40-31(21-30(37-40)33(2,3)4)36-32(41)35-26-11-9-24(10-12-26)20-25-15-18-38(19-16-25)45(42,43)29-6-5-17-39-28(29)22-34-44-39/h5-14,17,21-22,25,34H,15-16,18-20H2,1-4H3,(H2,35,36,41). The molecule has 45 heavy (non-hydrogen) atoms. The first-order valence-corrected chi connectivity index (χ1v) is 16.6. The van der Waals surface area contributed by atoms with Gasteiger partial charge in [-0.25, -0.2) is 28.4 Å². The molecule has 2 amide bonds. The number of carbonyl (C=O) groups excluding carboxylic acids is 1. The van der Waals surface area contributed by atoms with Crippen LogP contribution in [0.2, 0.25) is 0 Å². The molecule has 6 rings (SSSR count). The van der Waals surface area contributed by atoms with Crippen LogP contribution in [0.1, 0.15) is 50.4 Å². The van der Waals surface area contributed by atoms with Crippen molar-refractivity contribution in [2.45, 2.75) is 52.4 Å². The lowest BCUT2D eigenvalue weighted by Crippen LogP contribution is -2.40. The van der Waals surface area contributed by atoms with E-state index in [2.05, 4.69) is 36.9 Å². The molecule has 1 aromatic heterocycles. The van der Waals surface area contributed by atoms with Crippen molar-refractivity contribution in [3.8, 4) is 5.69 Å². The van der Waals surface area contributed by atoms with Crippen LogP contribution in [0.3, 0.4) is 0 Å². The maximum Gasteiger partial charge on any atom is 0.324 e. The minimum Gasteiger partial charge on any atom is -0.308 e. The van der Waals surface area contributed by atoms with E-state index >= 15 is 0 Å². The number of hydrogen-bond donors (Lipinski definition) is 3. The number of carbonyl (C=O) groups is 1. The number of sulfonamides is 1. The van der Waals surface area contributed by atoms with Gasteiger partial charge in [-0.2, -0.15) is 14.3 Å². The van der Waals surface area contributed by atoms with Gasteiger partial charge in [-0.3, -0.25) is 5.32 Å². The number of piperidine rings is 1. The normalized spacial score (nSPS) is 17.4. The molecule has 0 spiro atoms. The van der Waals surface area contributed by atoms with E-state index in [9.17, 15) is 13.2 Å². The number of hydrogen-bond acceptors (Lipinski definition) is 7. The summed E-state index contributed by atoms with van der Waals surface area (Å²) in [6, 6.07) is 17.4. The maximum absolute atomic E-state index is 13.4. The number of benzene rings is 2. The topological polar surface area (TPSA) is 121 Å². The van der Waals surface area contributed by atoms with E-state index in [-0.39, 0.29) is 16.4 Å². The van der Waals surface area contributed by atoms with Gasteiger partial charge in [0.1, 0.15) is 16.4 Å². The summed E-state index contributed by atoms with van der Waals surface area (Å²) in [6.07, 6.45) is 8.86. The second-order valence-corrected chi connectivity index (χ2v) is 14.6. The van der Waals surface area contributed by atoms with Gasteiger partial charge in [0.25, 0.3) is 0 Å². The second kappa shape index (κ2) is 12.2. The number of allylic oxidation sites excluding steroid dienone is 2. The number of nitrogens with zero attached hydrogens (tertiary/aromatic N) is 4. The van der Waals surface area contributed by atoms with Gasteiger partial charge in [-0.05, 0) is 74.1 Å². The zero-order valence-corrected chi connectivity index (χ0v) is 26.8. The fourth-order valence-electron chi connectivity index (χ4n) is 5.60.